The summed E-state index contributed by atoms with van der Waals surface area (Å²) in [6, 6.07) is 12.4. The highest BCUT2D eigenvalue weighted by Crippen LogP contribution is 2.28. The van der Waals surface area contributed by atoms with Crippen LogP contribution in [0.4, 0.5) is 5.69 Å². The lowest BCUT2D eigenvalue weighted by molar-refractivity contribution is -0.136. The largest absolute Gasteiger partial charge is 0.497 e. The number of benzene rings is 2. The van der Waals surface area contributed by atoms with Crippen LogP contribution in [0.3, 0.4) is 0 Å². The molecule has 0 saturated carbocycles. The fourth-order valence-electron chi connectivity index (χ4n) is 1.95. The monoisotopic (exact) mass is 341 g/mol. The van der Waals surface area contributed by atoms with Crippen molar-refractivity contribution in [1.82, 2.24) is 5.43 Å². The molecule has 0 aliphatic carbocycles. The van der Waals surface area contributed by atoms with E-state index in [-0.39, 0.29) is 0 Å². The first-order valence-electron chi connectivity index (χ1n) is 7.46. The first-order valence-corrected chi connectivity index (χ1v) is 7.46. The molecule has 0 unspecified atom stereocenters. The number of hydrogen-bond donors (Lipinski definition) is 2. The van der Waals surface area contributed by atoms with Crippen molar-refractivity contribution in [1.29, 1.82) is 0 Å². The molecule has 7 nitrogen and oxygen atoms in total. The number of carbonyl (C=O) groups is 2. The van der Waals surface area contributed by atoms with E-state index < -0.39 is 11.8 Å². The number of hydrazone groups is 1. The van der Waals surface area contributed by atoms with Gasteiger partial charge in [-0.3, -0.25) is 9.59 Å². The smallest absolute Gasteiger partial charge is 0.329 e. The van der Waals surface area contributed by atoms with E-state index in [1.807, 2.05) is 31.2 Å². The van der Waals surface area contributed by atoms with Gasteiger partial charge >= 0.3 is 11.8 Å². The molecule has 0 saturated heterocycles. The summed E-state index contributed by atoms with van der Waals surface area (Å²) in [4.78, 5) is 23.8. The third-order valence-electron chi connectivity index (χ3n) is 3.32. The van der Waals surface area contributed by atoms with Gasteiger partial charge in [-0.25, -0.2) is 5.43 Å². The molecule has 2 N–H and O–H groups in total. The molecule has 0 fully saturated rings. The number of amides is 2. The highest BCUT2D eigenvalue weighted by molar-refractivity contribution is 6.39. The number of nitrogens with zero attached hydrogens (tertiary/aromatic N) is 1. The predicted octanol–water partition coefficient (Wildman–Crippen LogP) is 2.10. The Morgan fingerprint density at radius 1 is 1.00 bits per heavy atom. The molecule has 0 aliphatic heterocycles. The maximum Gasteiger partial charge on any atom is 0.329 e. The second-order valence-corrected chi connectivity index (χ2v) is 5.13. The van der Waals surface area contributed by atoms with E-state index >= 15 is 0 Å². The number of anilines is 1. The highest BCUT2D eigenvalue weighted by Gasteiger charge is 2.15. The Morgan fingerprint density at radius 2 is 1.72 bits per heavy atom. The van der Waals surface area contributed by atoms with Crippen molar-refractivity contribution in [3.8, 4) is 11.5 Å². The van der Waals surface area contributed by atoms with Crippen LogP contribution < -0.4 is 20.2 Å². The minimum atomic E-state index is -0.888. The van der Waals surface area contributed by atoms with Gasteiger partial charge in [0.15, 0.2) is 0 Å². The van der Waals surface area contributed by atoms with Crippen LogP contribution in [-0.2, 0) is 9.59 Å². The van der Waals surface area contributed by atoms with Crippen LogP contribution >= 0.6 is 0 Å². The van der Waals surface area contributed by atoms with E-state index in [1.165, 1.54) is 20.4 Å². The lowest BCUT2D eigenvalue weighted by Crippen LogP contribution is -2.32. The minimum absolute atomic E-state index is 0.353. The molecular weight excluding hydrogens is 322 g/mol. The molecule has 2 rings (SSSR count). The molecule has 7 heteroatoms. The van der Waals surface area contributed by atoms with Gasteiger partial charge in [0.05, 0.1) is 26.1 Å². The van der Waals surface area contributed by atoms with Crippen molar-refractivity contribution in [2.75, 3.05) is 19.5 Å². The maximum absolute atomic E-state index is 11.9. The summed E-state index contributed by atoms with van der Waals surface area (Å²) >= 11 is 0. The summed E-state index contributed by atoms with van der Waals surface area (Å²) in [6.45, 7) is 1.97. The van der Waals surface area contributed by atoms with Crippen molar-refractivity contribution < 1.29 is 19.1 Å². The lowest BCUT2D eigenvalue weighted by atomic mass is 10.2. The zero-order valence-corrected chi connectivity index (χ0v) is 14.2. The predicted molar refractivity (Wildman–Crippen MR) is 95.1 cm³/mol. The Balaban J connectivity index is 1.96. The van der Waals surface area contributed by atoms with Crippen molar-refractivity contribution >= 4 is 23.7 Å². The third-order valence-corrected chi connectivity index (χ3v) is 3.32. The number of rotatable bonds is 5. The van der Waals surface area contributed by atoms with Crippen molar-refractivity contribution in [2.24, 2.45) is 5.10 Å². The van der Waals surface area contributed by atoms with Crippen LogP contribution in [0.2, 0.25) is 0 Å². The number of aryl methyl sites for hydroxylation is 1. The van der Waals surface area contributed by atoms with Gasteiger partial charge in [0.2, 0.25) is 0 Å². The van der Waals surface area contributed by atoms with E-state index in [1.54, 1.807) is 18.2 Å². The number of ether oxygens (including phenoxy) is 2. The van der Waals surface area contributed by atoms with Gasteiger partial charge in [0.1, 0.15) is 11.5 Å². The van der Waals surface area contributed by atoms with Gasteiger partial charge in [-0.05, 0) is 24.6 Å². The summed E-state index contributed by atoms with van der Waals surface area (Å²) in [5.74, 6) is -0.795. The van der Waals surface area contributed by atoms with Crippen LogP contribution in [0.25, 0.3) is 0 Å². The zero-order chi connectivity index (χ0) is 18.2. The Bertz CT molecular complexity index is 785. The molecule has 0 heterocycles. The number of methoxy groups -OCH3 is 2. The topological polar surface area (TPSA) is 89.0 Å². The quantitative estimate of drug-likeness (QED) is 0.495. The standard InChI is InChI=1S/C18H19N3O4/c1-12-4-6-13(7-5-12)11-19-21-18(23)17(22)20-15-9-8-14(24-2)10-16(15)25-3/h4-11H,1-3H3,(H,20,22)(H,21,23)/b19-11-. The fourth-order valence-corrected chi connectivity index (χ4v) is 1.95. The number of nitrogens with one attached hydrogen (secondary N) is 2. The Hall–Kier alpha value is -3.35. The Kier molecular flexibility index (Phi) is 6.11. The molecule has 0 spiro atoms. The summed E-state index contributed by atoms with van der Waals surface area (Å²) < 4.78 is 10.2. The normalized spacial score (nSPS) is 10.4. The van der Waals surface area contributed by atoms with E-state index in [9.17, 15) is 9.59 Å². The van der Waals surface area contributed by atoms with Crippen molar-refractivity contribution in [3.63, 3.8) is 0 Å². The van der Waals surface area contributed by atoms with Crippen LogP contribution in [0.15, 0.2) is 47.6 Å². The van der Waals surface area contributed by atoms with Crippen molar-refractivity contribution in [3.05, 3.63) is 53.6 Å². The molecule has 2 aromatic carbocycles. The van der Waals surface area contributed by atoms with Crippen LogP contribution in [0.5, 0.6) is 11.5 Å². The average Bonchev–Trinajstić information content (AvgIpc) is 2.63. The summed E-state index contributed by atoms with van der Waals surface area (Å²) in [6.07, 6.45) is 1.46. The molecule has 0 aromatic heterocycles. The van der Waals surface area contributed by atoms with Gasteiger partial charge in [0.25, 0.3) is 0 Å². The van der Waals surface area contributed by atoms with E-state index in [0.717, 1.165) is 11.1 Å². The molecular formula is C18H19N3O4. The second-order valence-electron chi connectivity index (χ2n) is 5.13. The van der Waals surface area contributed by atoms with Gasteiger partial charge in [-0.1, -0.05) is 29.8 Å². The van der Waals surface area contributed by atoms with Gasteiger partial charge in [0, 0.05) is 6.07 Å². The number of hydrogen-bond acceptors (Lipinski definition) is 5. The Labute approximate surface area is 145 Å². The van der Waals surface area contributed by atoms with Gasteiger partial charge in [-0.15, -0.1) is 0 Å². The van der Waals surface area contributed by atoms with Gasteiger partial charge < -0.3 is 14.8 Å². The van der Waals surface area contributed by atoms with E-state index in [4.69, 9.17) is 9.47 Å². The third kappa shape index (κ3) is 5.07. The van der Waals surface area contributed by atoms with Gasteiger partial charge in [-0.2, -0.15) is 5.10 Å². The van der Waals surface area contributed by atoms with Crippen LogP contribution in [-0.4, -0.2) is 32.2 Å². The molecule has 0 bridgehead atoms. The second kappa shape index (κ2) is 8.49. The van der Waals surface area contributed by atoms with Crippen molar-refractivity contribution in [2.45, 2.75) is 6.92 Å². The summed E-state index contributed by atoms with van der Waals surface area (Å²) in [5.41, 5.74) is 4.46. The molecule has 2 aromatic rings. The molecule has 0 atom stereocenters. The first-order chi connectivity index (χ1) is 12.0. The Morgan fingerprint density at radius 3 is 2.36 bits per heavy atom. The maximum atomic E-state index is 11.9. The number of carbonyl (C=O) groups excluding carboxylic acids is 2. The van der Waals surface area contributed by atoms with E-state index in [0.29, 0.717) is 17.2 Å². The minimum Gasteiger partial charge on any atom is -0.497 e. The zero-order valence-electron chi connectivity index (χ0n) is 14.2. The molecule has 2 amide bonds. The molecule has 130 valence electrons. The van der Waals surface area contributed by atoms with Crippen LogP contribution in [0, 0.1) is 6.92 Å². The molecule has 25 heavy (non-hydrogen) atoms. The van der Waals surface area contributed by atoms with Crippen LogP contribution in [0.1, 0.15) is 11.1 Å². The SMILES string of the molecule is COc1ccc(NC(=O)C(=O)N/N=C\c2ccc(C)cc2)c(OC)c1. The fraction of sp³-hybridized carbons (Fsp3) is 0.167. The summed E-state index contributed by atoms with van der Waals surface area (Å²) in [7, 11) is 2.98. The first kappa shape index (κ1) is 18.0. The molecule has 0 aliphatic rings. The molecule has 0 radical (unpaired) electrons. The average molecular weight is 341 g/mol. The summed E-state index contributed by atoms with van der Waals surface area (Å²) in [5, 5.41) is 6.23. The lowest BCUT2D eigenvalue weighted by Gasteiger charge is -2.10. The van der Waals surface area contributed by atoms with E-state index in [2.05, 4.69) is 15.8 Å². The highest BCUT2D eigenvalue weighted by atomic mass is 16.5.